The maximum absolute atomic E-state index is 6.09. The second kappa shape index (κ2) is 6.73. The Balaban J connectivity index is 2.15. The molecule has 2 rings (SSSR count). The number of halogens is 1. The van der Waals surface area contributed by atoms with E-state index in [-0.39, 0.29) is 0 Å². The van der Waals surface area contributed by atoms with Crippen LogP contribution in [0.1, 0.15) is 24.1 Å². The van der Waals surface area contributed by atoms with Crippen LogP contribution in [0.4, 0.5) is 0 Å². The Morgan fingerprint density at radius 3 is 2.84 bits per heavy atom. The van der Waals surface area contributed by atoms with Crippen molar-refractivity contribution in [3.05, 3.63) is 52.8 Å². The van der Waals surface area contributed by atoms with Crippen molar-refractivity contribution in [3.63, 3.8) is 0 Å². The zero-order valence-electron chi connectivity index (χ0n) is 11.4. The number of hydrogen-bond acceptors (Lipinski definition) is 2. The van der Waals surface area contributed by atoms with Crippen molar-refractivity contribution < 1.29 is 0 Å². The maximum Gasteiger partial charge on any atom is 0.0631 e. The first kappa shape index (κ1) is 14.1. The minimum Gasteiger partial charge on any atom is -0.316 e. The van der Waals surface area contributed by atoms with Gasteiger partial charge in [0.25, 0.3) is 0 Å². The van der Waals surface area contributed by atoms with Gasteiger partial charge in [-0.1, -0.05) is 30.7 Å². The summed E-state index contributed by atoms with van der Waals surface area (Å²) in [7, 11) is 1.95. The van der Waals surface area contributed by atoms with Gasteiger partial charge in [-0.05, 0) is 36.7 Å². The molecule has 0 aliphatic rings. The molecule has 102 valence electrons. The van der Waals surface area contributed by atoms with Crippen molar-refractivity contribution >= 4 is 11.6 Å². The number of hydrogen-bond donors (Lipinski definition) is 1. The lowest BCUT2D eigenvalue weighted by Gasteiger charge is -2.17. The van der Waals surface area contributed by atoms with Crippen molar-refractivity contribution in [1.82, 2.24) is 15.1 Å². The zero-order valence-corrected chi connectivity index (χ0v) is 12.2. The van der Waals surface area contributed by atoms with Gasteiger partial charge in [-0.2, -0.15) is 5.10 Å². The summed E-state index contributed by atoms with van der Waals surface area (Å²) in [5.74, 6) is 0.397. The molecule has 0 bridgehead atoms. The molecule has 0 aliphatic carbocycles. The molecule has 0 spiro atoms. The third kappa shape index (κ3) is 4.08. The highest BCUT2D eigenvalue weighted by atomic mass is 35.5. The monoisotopic (exact) mass is 277 g/mol. The van der Waals surface area contributed by atoms with Gasteiger partial charge in [-0.25, -0.2) is 0 Å². The molecule has 19 heavy (non-hydrogen) atoms. The van der Waals surface area contributed by atoms with Gasteiger partial charge in [0.15, 0.2) is 0 Å². The quantitative estimate of drug-likeness (QED) is 0.880. The summed E-state index contributed by atoms with van der Waals surface area (Å²) in [6, 6.07) is 10.2. The first-order valence-corrected chi connectivity index (χ1v) is 7.01. The van der Waals surface area contributed by atoms with Crippen LogP contribution >= 0.6 is 11.6 Å². The summed E-state index contributed by atoms with van der Waals surface area (Å²) in [6.07, 6.45) is 2.91. The third-order valence-corrected chi connectivity index (χ3v) is 3.42. The first-order valence-electron chi connectivity index (χ1n) is 6.63. The number of rotatable bonds is 6. The fraction of sp³-hybridized carbons (Fsp3) is 0.400. The second-order valence-corrected chi connectivity index (χ2v) is 5.18. The Kier molecular flexibility index (Phi) is 5.00. The number of benzene rings is 1. The van der Waals surface area contributed by atoms with Gasteiger partial charge in [0.05, 0.1) is 5.69 Å². The summed E-state index contributed by atoms with van der Waals surface area (Å²) < 4.78 is 1.84. The van der Waals surface area contributed by atoms with Crippen LogP contribution in [-0.2, 0) is 13.5 Å². The van der Waals surface area contributed by atoms with E-state index < -0.39 is 0 Å². The van der Waals surface area contributed by atoms with Gasteiger partial charge in [-0.3, -0.25) is 4.68 Å². The molecular weight excluding hydrogens is 258 g/mol. The zero-order chi connectivity index (χ0) is 13.7. The van der Waals surface area contributed by atoms with Crippen LogP contribution in [0.3, 0.4) is 0 Å². The standard InChI is InChI=1S/C15H20ClN3/c1-3-17-11-13(10-15-7-8-19(2)18-15)12-5-4-6-14(16)9-12/h4-9,13,17H,3,10-11H2,1-2H3. The minimum absolute atomic E-state index is 0.397. The van der Waals surface area contributed by atoms with Gasteiger partial charge < -0.3 is 5.32 Å². The number of likely N-dealkylation sites (N-methyl/N-ethyl adjacent to an activating group) is 1. The maximum atomic E-state index is 6.09. The molecule has 1 unspecified atom stereocenters. The van der Waals surface area contributed by atoms with Gasteiger partial charge in [-0.15, -0.1) is 0 Å². The predicted octanol–water partition coefficient (Wildman–Crippen LogP) is 3.01. The van der Waals surface area contributed by atoms with E-state index >= 15 is 0 Å². The minimum atomic E-state index is 0.397. The molecule has 0 saturated carbocycles. The molecule has 0 amide bonds. The lowest BCUT2D eigenvalue weighted by atomic mass is 9.94. The van der Waals surface area contributed by atoms with Crippen molar-refractivity contribution in [2.45, 2.75) is 19.3 Å². The van der Waals surface area contributed by atoms with Crippen LogP contribution in [0.2, 0.25) is 5.02 Å². The highest BCUT2D eigenvalue weighted by Crippen LogP contribution is 2.22. The van der Waals surface area contributed by atoms with Crippen LogP contribution < -0.4 is 5.32 Å². The largest absolute Gasteiger partial charge is 0.316 e. The molecule has 4 heteroatoms. The smallest absolute Gasteiger partial charge is 0.0631 e. The fourth-order valence-corrected chi connectivity index (χ4v) is 2.41. The Bertz CT molecular complexity index is 522. The van der Waals surface area contributed by atoms with E-state index in [0.717, 1.165) is 30.2 Å². The Morgan fingerprint density at radius 2 is 2.21 bits per heavy atom. The van der Waals surface area contributed by atoms with E-state index in [2.05, 4.69) is 29.5 Å². The number of nitrogens with zero attached hydrogens (tertiary/aromatic N) is 2. The summed E-state index contributed by atoms with van der Waals surface area (Å²) in [6.45, 7) is 4.03. The number of nitrogens with one attached hydrogen (secondary N) is 1. The summed E-state index contributed by atoms with van der Waals surface area (Å²) in [5.41, 5.74) is 2.38. The second-order valence-electron chi connectivity index (χ2n) is 4.74. The lowest BCUT2D eigenvalue weighted by molar-refractivity contribution is 0.583. The Morgan fingerprint density at radius 1 is 1.37 bits per heavy atom. The van der Waals surface area contributed by atoms with Crippen LogP contribution in [0.15, 0.2) is 36.5 Å². The number of aryl methyl sites for hydroxylation is 1. The highest BCUT2D eigenvalue weighted by Gasteiger charge is 2.13. The average Bonchev–Trinajstić information content (AvgIpc) is 2.80. The van der Waals surface area contributed by atoms with E-state index in [9.17, 15) is 0 Å². The fourth-order valence-electron chi connectivity index (χ4n) is 2.21. The van der Waals surface area contributed by atoms with Gasteiger partial charge in [0.1, 0.15) is 0 Å². The molecule has 1 N–H and O–H groups in total. The Labute approximate surface area is 119 Å². The molecule has 1 heterocycles. The lowest BCUT2D eigenvalue weighted by Crippen LogP contribution is -2.22. The van der Waals surface area contributed by atoms with E-state index in [1.54, 1.807) is 0 Å². The van der Waals surface area contributed by atoms with Crippen molar-refractivity contribution in [2.75, 3.05) is 13.1 Å². The normalized spacial score (nSPS) is 12.6. The SMILES string of the molecule is CCNCC(Cc1ccn(C)n1)c1cccc(Cl)c1. The topological polar surface area (TPSA) is 29.9 Å². The predicted molar refractivity (Wildman–Crippen MR) is 79.6 cm³/mol. The Hall–Kier alpha value is -1.32. The molecule has 3 nitrogen and oxygen atoms in total. The molecule has 0 aliphatic heterocycles. The van der Waals surface area contributed by atoms with E-state index in [1.807, 2.05) is 36.1 Å². The summed E-state index contributed by atoms with van der Waals surface area (Å²) in [5, 5.41) is 8.67. The molecule has 1 aromatic heterocycles. The van der Waals surface area contributed by atoms with Gasteiger partial charge in [0.2, 0.25) is 0 Å². The van der Waals surface area contributed by atoms with Crippen molar-refractivity contribution in [3.8, 4) is 0 Å². The van der Waals surface area contributed by atoms with Crippen LogP contribution in [0.5, 0.6) is 0 Å². The molecule has 2 aromatic rings. The highest BCUT2D eigenvalue weighted by molar-refractivity contribution is 6.30. The van der Waals surface area contributed by atoms with Crippen molar-refractivity contribution in [2.24, 2.45) is 7.05 Å². The summed E-state index contributed by atoms with van der Waals surface area (Å²) >= 11 is 6.09. The molecule has 1 atom stereocenters. The summed E-state index contributed by atoms with van der Waals surface area (Å²) in [4.78, 5) is 0. The van der Waals surface area contributed by atoms with Crippen molar-refractivity contribution in [1.29, 1.82) is 0 Å². The number of aromatic nitrogens is 2. The average molecular weight is 278 g/mol. The van der Waals surface area contributed by atoms with Crippen LogP contribution in [-0.4, -0.2) is 22.9 Å². The van der Waals surface area contributed by atoms with E-state index in [1.165, 1.54) is 5.56 Å². The van der Waals surface area contributed by atoms with Gasteiger partial charge in [0, 0.05) is 30.7 Å². The molecule has 1 aromatic carbocycles. The van der Waals surface area contributed by atoms with Crippen LogP contribution in [0, 0.1) is 0 Å². The van der Waals surface area contributed by atoms with Gasteiger partial charge >= 0.3 is 0 Å². The first-order chi connectivity index (χ1) is 9.19. The molecule has 0 fully saturated rings. The van der Waals surface area contributed by atoms with E-state index in [0.29, 0.717) is 5.92 Å². The van der Waals surface area contributed by atoms with E-state index in [4.69, 9.17) is 11.6 Å². The molecular formula is C15H20ClN3. The molecule has 0 saturated heterocycles. The molecule has 0 radical (unpaired) electrons. The van der Waals surface area contributed by atoms with Crippen LogP contribution in [0.25, 0.3) is 0 Å². The third-order valence-electron chi connectivity index (χ3n) is 3.19.